The summed E-state index contributed by atoms with van der Waals surface area (Å²) in [6, 6.07) is 10.8. The zero-order chi connectivity index (χ0) is 13.1. The van der Waals surface area contributed by atoms with Crippen LogP contribution >= 0.6 is 0 Å². The Morgan fingerprint density at radius 1 is 1.11 bits per heavy atom. The number of nitrogens with two attached hydrogens (primary N) is 1. The highest BCUT2D eigenvalue weighted by atomic mass is 19.1. The molecule has 2 N–H and O–H groups in total. The van der Waals surface area contributed by atoms with Gasteiger partial charge in [0.1, 0.15) is 11.6 Å². The summed E-state index contributed by atoms with van der Waals surface area (Å²) in [5.41, 5.74) is 9.29. The minimum Gasteiger partial charge on any atom is -0.495 e. The maximum absolute atomic E-state index is 13.2. The van der Waals surface area contributed by atoms with Crippen molar-refractivity contribution in [3.05, 3.63) is 58.9 Å². The number of halogens is 1. The van der Waals surface area contributed by atoms with Gasteiger partial charge in [-0.2, -0.15) is 0 Å². The minimum absolute atomic E-state index is 0.173. The molecule has 2 rings (SSSR count). The van der Waals surface area contributed by atoms with Gasteiger partial charge >= 0.3 is 0 Å². The first-order valence-corrected chi connectivity index (χ1v) is 5.77. The monoisotopic (exact) mass is 245 g/mol. The standard InChI is InChI=1S/C15H16FNO/c1-10-7-11(3-5-13(10)16)8-12-4-6-15(18-2)14(17)9-12/h3-7,9H,8,17H2,1-2H3. The van der Waals surface area contributed by atoms with Gasteiger partial charge in [-0.1, -0.05) is 18.2 Å². The van der Waals surface area contributed by atoms with Gasteiger partial charge in [-0.15, -0.1) is 0 Å². The first-order valence-electron chi connectivity index (χ1n) is 5.77. The molecular formula is C15H16FNO. The predicted molar refractivity (Wildman–Crippen MR) is 71.3 cm³/mol. The molecule has 0 fully saturated rings. The van der Waals surface area contributed by atoms with E-state index >= 15 is 0 Å². The van der Waals surface area contributed by atoms with E-state index in [0.29, 0.717) is 17.0 Å². The average molecular weight is 245 g/mol. The van der Waals surface area contributed by atoms with Crippen molar-refractivity contribution in [1.29, 1.82) is 0 Å². The number of benzene rings is 2. The normalized spacial score (nSPS) is 10.4. The number of nitrogen functional groups attached to an aromatic ring is 1. The second kappa shape index (κ2) is 5.08. The van der Waals surface area contributed by atoms with E-state index in [1.807, 2.05) is 24.3 Å². The molecular weight excluding hydrogens is 229 g/mol. The Balaban J connectivity index is 2.23. The number of ether oxygens (including phenoxy) is 1. The van der Waals surface area contributed by atoms with Crippen LogP contribution in [0.15, 0.2) is 36.4 Å². The Morgan fingerprint density at radius 2 is 1.78 bits per heavy atom. The number of anilines is 1. The molecule has 0 aliphatic carbocycles. The second-order valence-corrected chi connectivity index (χ2v) is 4.34. The molecule has 0 aromatic heterocycles. The first-order chi connectivity index (χ1) is 8.60. The second-order valence-electron chi connectivity index (χ2n) is 4.34. The van der Waals surface area contributed by atoms with Crippen LogP contribution in [0.5, 0.6) is 5.75 Å². The molecule has 0 saturated heterocycles. The molecule has 0 radical (unpaired) electrons. The highest BCUT2D eigenvalue weighted by molar-refractivity contribution is 5.54. The van der Waals surface area contributed by atoms with E-state index in [4.69, 9.17) is 10.5 Å². The van der Waals surface area contributed by atoms with Gasteiger partial charge in [0.15, 0.2) is 0 Å². The van der Waals surface area contributed by atoms with Gasteiger partial charge in [-0.3, -0.25) is 0 Å². The van der Waals surface area contributed by atoms with Gasteiger partial charge in [-0.05, 0) is 48.2 Å². The molecule has 0 bridgehead atoms. The van der Waals surface area contributed by atoms with Crippen LogP contribution in [-0.2, 0) is 6.42 Å². The van der Waals surface area contributed by atoms with Gasteiger partial charge in [-0.25, -0.2) is 4.39 Å². The predicted octanol–water partition coefficient (Wildman–Crippen LogP) is 3.32. The van der Waals surface area contributed by atoms with Crippen molar-refractivity contribution in [1.82, 2.24) is 0 Å². The minimum atomic E-state index is -0.173. The number of hydrogen-bond donors (Lipinski definition) is 1. The number of methoxy groups -OCH3 is 1. The van der Waals surface area contributed by atoms with E-state index in [0.717, 1.165) is 17.5 Å². The van der Waals surface area contributed by atoms with Gasteiger partial charge < -0.3 is 10.5 Å². The summed E-state index contributed by atoms with van der Waals surface area (Å²) in [6.45, 7) is 1.77. The van der Waals surface area contributed by atoms with E-state index < -0.39 is 0 Å². The van der Waals surface area contributed by atoms with Crippen molar-refractivity contribution in [2.75, 3.05) is 12.8 Å². The largest absolute Gasteiger partial charge is 0.495 e. The van der Waals surface area contributed by atoms with Gasteiger partial charge in [0.05, 0.1) is 12.8 Å². The van der Waals surface area contributed by atoms with Crippen LogP contribution < -0.4 is 10.5 Å². The SMILES string of the molecule is COc1ccc(Cc2ccc(F)c(C)c2)cc1N. The molecule has 0 saturated carbocycles. The van der Waals surface area contributed by atoms with E-state index in [2.05, 4.69) is 0 Å². The number of rotatable bonds is 3. The topological polar surface area (TPSA) is 35.2 Å². The molecule has 3 heteroatoms. The lowest BCUT2D eigenvalue weighted by molar-refractivity contribution is 0.417. The average Bonchev–Trinajstić information content (AvgIpc) is 2.34. The van der Waals surface area contributed by atoms with E-state index in [-0.39, 0.29) is 5.82 Å². The summed E-state index contributed by atoms with van der Waals surface area (Å²) in [7, 11) is 1.59. The molecule has 0 unspecified atom stereocenters. The summed E-state index contributed by atoms with van der Waals surface area (Å²) in [5.74, 6) is 0.502. The summed E-state index contributed by atoms with van der Waals surface area (Å²) in [5, 5.41) is 0. The summed E-state index contributed by atoms with van der Waals surface area (Å²) < 4.78 is 18.3. The van der Waals surface area contributed by atoms with Crippen LogP contribution in [-0.4, -0.2) is 7.11 Å². The number of hydrogen-bond acceptors (Lipinski definition) is 2. The molecule has 2 aromatic rings. The smallest absolute Gasteiger partial charge is 0.141 e. The van der Waals surface area contributed by atoms with Crippen molar-refractivity contribution in [3.63, 3.8) is 0 Å². The van der Waals surface area contributed by atoms with Crippen molar-refractivity contribution >= 4 is 5.69 Å². The van der Waals surface area contributed by atoms with Crippen LogP contribution in [0, 0.1) is 12.7 Å². The molecule has 0 aliphatic rings. The highest BCUT2D eigenvalue weighted by Gasteiger charge is 2.03. The van der Waals surface area contributed by atoms with Crippen molar-refractivity contribution in [2.24, 2.45) is 0 Å². The Morgan fingerprint density at radius 3 is 2.39 bits per heavy atom. The van der Waals surface area contributed by atoms with Crippen molar-refractivity contribution in [3.8, 4) is 5.75 Å². The van der Waals surface area contributed by atoms with Gasteiger partial charge in [0, 0.05) is 0 Å². The van der Waals surface area contributed by atoms with Crippen LogP contribution in [0.1, 0.15) is 16.7 Å². The summed E-state index contributed by atoms with van der Waals surface area (Å²) in [6.07, 6.45) is 0.731. The van der Waals surface area contributed by atoms with E-state index in [1.54, 1.807) is 20.1 Å². The molecule has 0 amide bonds. The van der Waals surface area contributed by atoms with Crippen molar-refractivity contribution in [2.45, 2.75) is 13.3 Å². The third kappa shape index (κ3) is 2.62. The molecule has 0 aliphatic heterocycles. The Labute approximate surface area is 106 Å². The quantitative estimate of drug-likeness (QED) is 0.842. The zero-order valence-electron chi connectivity index (χ0n) is 10.5. The maximum Gasteiger partial charge on any atom is 0.141 e. The van der Waals surface area contributed by atoms with Gasteiger partial charge in [0.25, 0.3) is 0 Å². The van der Waals surface area contributed by atoms with Crippen molar-refractivity contribution < 1.29 is 9.13 Å². The molecule has 94 valence electrons. The van der Waals surface area contributed by atoms with E-state index in [1.165, 1.54) is 6.07 Å². The summed E-state index contributed by atoms with van der Waals surface area (Å²) in [4.78, 5) is 0. The summed E-state index contributed by atoms with van der Waals surface area (Å²) >= 11 is 0. The lowest BCUT2D eigenvalue weighted by atomic mass is 10.0. The Bertz CT molecular complexity index is 566. The molecule has 0 atom stereocenters. The fraction of sp³-hybridized carbons (Fsp3) is 0.200. The van der Waals surface area contributed by atoms with Gasteiger partial charge in [0.2, 0.25) is 0 Å². The lowest BCUT2D eigenvalue weighted by Gasteiger charge is -2.08. The zero-order valence-corrected chi connectivity index (χ0v) is 10.5. The molecule has 2 aromatic carbocycles. The highest BCUT2D eigenvalue weighted by Crippen LogP contribution is 2.23. The maximum atomic E-state index is 13.2. The van der Waals surface area contributed by atoms with Crippen LogP contribution in [0.2, 0.25) is 0 Å². The Hall–Kier alpha value is -2.03. The third-order valence-corrected chi connectivity index (χ3v) is 2.92. The van der Waals surface area contributed by atoms with Crippen LogP contribution in [0.4, 0.5) is 10.1 Å². The fourth-order valence-corrected chi connectivity index (χ4v) is 1.95. The molecule has 18 heavy (non-hydrogen) atoms. The molecule has 0 heterocycles. The van der Waals surface area contributed by atoms with Crippen LogP contribution in [0.3, 0.4) is 0 Å². The fourth-order valence-electron chi connectivity index (χ4n) is 1.95. The van der Waals surface area contributed by atoms with Crippen LogP contribution in [0.25, 0.3) is 0 Å². The third-order valence-electron chi connectivity index (χ3n) is 2.92. The van der Waals surface area contributed by atoms with E-state index in [9.17, 15) is 4.39 Å². The molecule has 2 nitrogen and oxygen atoms in total. The Kier molecular flexibility index (Phi) is 3.51. The lowest BCUT2D eigenvalue weighted by Crippen LogP contribution is -1.96. The number of aryl methyl sites for hydroxylation is 1. The molecule has 0 spiro atoms. The first kappa shape index (κ1) is 12.4.